The van der Waals surface area contributed by atoms with Gasteiger partial charge >= 0.3 is 6.09 Å². The molecule has 0 bridgehead atoms. The number of halogens is 1. The van der Waals surface area contributed by atoms with Gasteiger partial charge in [-0.05, 0) is 55.2 Å². The first-order valence-electron chi connectivity index (χ1n) is 12.9. The first kappa shape index (κ1) is 24.4. The van der Waals surface area contributed by atoms with Crippen LogP contribution in [0.25, 0.3) is 11.0 Å². The van der Waals surface area contributed by atoms with E-state index in [1.165, 1.54) is 5.56 Å². The van der Waals surface area contributed by atoms with Crippen LogP contribution >= 0.6 is 22.9 Å². The zero-order chi connectivity index (χ0) is 25.4. The van der Waals surface area contributed by atoms with Gasteiger partial charge in [0.2, 0.25) is 0 Å². The number of carbonyl (C=O) groups is 1. The predicted octanol–water partition coefficient (Wildman–Crippen LogP) is 5.81. The van der Waals surface area contributed by atoms with Crippen LogP contribution in [0.15, 0.2) is 54.0 Å². The molecule has 9 heteroatoms. The molecule has 1 unspecified atom stereocenters. The Morgan fingerprint density at radius 2 is 1.92 bits per heavy atom. The minimum Gasteiger partial charge on any atom is -0.450 e. The van der Waals surface area contributed by atoms with E-state index in [0.29, 0.717) is 25.6 Å². The Hall–Kier alpha value is -2.94. The Kier molecular flexibility index (Phi) is 6.88. The Morgan fingerprint density at radius 3 is 2.57 bits per heavy atom. The number of likely N-dealkylation sites (tertiary alicyclic amines) is 1. The average Bonchev–Trinajstić information content (AvgIpc) is 3.53. The number of imidazole rings is 1. The fourth-order valence-electron chi connectivity index (χ4n) is 5.48. The second kappa shape index (κ2) is 10.4. The molecular formula is C28H30ClN5O2S. The number of carbonyl (C=O) groups excluding carboxylic acids is 1. The van der Waals surface area contributed by atoms with Crippen molar-refractivity contribution in [2.75, 3.05) is 32.8 Å². The molecule has 1 atom stereocenters. The predicted molar refractivity (Wildman–Crippen MR) is 147 cm³/mol. The summed E-state index contributed by atoms with van der Waals surface area (Å²) in [6, 6.07) is 15.0. The summed E-state index contributed by atoms with van der Waals surface area (Å²) in [5.74, 6) is 1.58. The smallest absolute Gasteiger partial charge is 0.409 e. The van der Waals surface area contributed by atoms with Crippen LogP contribution in [0, 0.1) is 0 Å². The summed E-state index contributed by atoms with van der Waals surface area (Å²) in [4.78, 5) is 23.9. The maximum atomic E-state index is 12.3. The van der Waals surface area contributed by atoms with E-state index in [2.05, 4.69) is 45.2 Å². The molecule has 37 heavy (non-hydrogen) atoms. The quantitative estimate of drug-likeness (QED) is 0.337. The summed E-state index contributed by atoms with van der Waals surface area (Å²) in [6.45, 7) is 5.53. The van der Waals surface area contributed by atoms with E-state index in [1.54, 1.807) is 11.3 Å². The van der Waals surface area contributed by atoms with Gasteiger partial charge in [-0.15, -0.1) is 11.3 Å². The van der Waals surface area contributed by atoms with Crippen molar-refractivity contribution >= 4 is 40.1 Å². The zero-order valence-electron chi connectivity index (χ0n) is 20.8. The first-order chi connectivity index (χ1) is 18.1. The number of thiazole rings is 1. The van der Waals surface area contributed by atoms with Crippen molar-refractivity contribution in [1.29, 1.82) is 0 Å². The van der Waals surface area contributed by atoms with Crippen molar-refractivity contribution in [2.45, 2.75) is 37.6 Å². The number of nitrogens with zero attached hydrogens (tertiary/aromatic N) is 4. The number of hydrogen-bond acceptors (Lipinski definition) is 6. The summed E-state index contributed by atoms with van der Waals surface area (Å²) >= 11 is 7.88. The van der Waals surface area contributed by atoms with E-state index in [1.807, 2.05) is 35.5 Å². The van der Waals surface area contributed by atoms with Gasteiger partial charge in [0.25, 0.3) is 0 Å². The maximum absolute atomic E-state index is 12.3. The monoisotopic (exact) mass is 535 g/mol. The second-order valence-corrected chi connectivity index (χ2v) is 11.1. The minimum absolute atomic E-state index is 0.0181. The average molecular weight is 536 g/mol. The highest BCUT2D eigenvalue weighted by atomic mass is 35.5. The van der Waals surface area contributed by atoms with Gasteiger partial charge in [-0.3, -0.25) is 0 Å². The van der Waals surface area contributed by atoms with Crippen molar-refractivity contribution in [2.24, 2.45) is 0 Å². The van der Waals surface area contributed by atoms with Gasteiger partial charge in [0.05, 0.1) is 23.6 Å². The number of benzene rings is 2. The van der Waals surface area contributed by atoms with Gasteiger partial charge in [-0.25, -0.2) is 14.8 Å². The van der Waals surface area contributed by atoms with Crippen molar-refractivity contribution < 1.29 is 9.53 Å². The van der Waals surface area contributed by atoms with Crippen LogP contribution in [-0.2, 0) is 4.74 Å². The largest absolute Gasteiger partial charge is 0.450 e. The molecule has 7 nitrogen and oxygen atoms in total. The number of ether oxygens (including phenoxy) is 1. The van der Waals surface area contributed by atoms with Crippen LogP contribution in [0.2, 0.25) is 5.02 Å². The molecule has 2 saturated heterocycles. The normalized spacial score (nSPS) is 17.6. The van der Waals surface area contributed by atoms with E-state index in [9.17, 15) is 4.79 Å². The molecule has 4 heterocycles. The fraction of sp³-hybridized carbons (Fsp3) is 0.393. The highest BCUT2D eigenvalue weighted by Gasteiger charge is 2.32. The summed E-state index contributed by atoms with van der Waals surface area (Å²) in [5, 5.41) is 7.21. The molecule has 0 radical (unpaired) electrons. The Bertz CT molecular complexity index is 1380. The molecule has 192 valence electrons. The highest BCUT2D eigenvalue weighted by Crippen LogP contribution is 2.38. The third-order valence-electron chi connectivity index (χ3n) is 7.48. The van der Waals surface area contributed by atoms with Crippen LogP contribution in [0.4, 0.5) is 4.79 Å². The van der Waals surface area contributed by atoms with E-state index in [0.717, 1.165) is 58.4 Å². The number of aromatic nitrogens is 3. The molecule has 0 saturated carbocycles. The molecule has 6 rings (SSSR count). The van der Waals surface area contributed by atoms with E-state index in [4.69, 9.17) is 21.3 Å². The summed E-state index contributed by atoms with van der Waals surface area (Å²) in [6.07, 6.45) is 3.42. The molecule has 0 spiro atoms. The Labute approximate surface area is 225 Å². The van der Waals surface area contributed by atoms with Crippen LogP contribution in [0.5, 0.6) is 0 Å². The van der Waals surface area contributed by atoms with Gasteiger partial charge in [-0.2, -0.15) is 0 Å². The van der Waals surface area contributed by atoms with Gasteiger partial charge in [-0.1, -0.05) is 29.8 Å². The lowest BCUT2D eigenvalue weighted by molar-refractivity contribution is 0.0926. The number of amides is 1. The molecule has 1 amide bonds. The third-order valence-corrected chi connectivity index (χ3v) is 8.57. The van der Waals surface area contributed by atoms with E-state index in [-0.39, 0.29) is 18.1 Å². The zero-order valence-corrected chi connectivity index (χ0v) is 22.3. The Morgan fingerprint density at radius 1 is 1.16 bits per heavy atom. The van der Waals surface area contributed by atoms with Crippen molar-refractivity contribution in [3.05, 3.63) is 81.0 Å². The van der Waals surface area contributed by atoms with E-state index < -0.39 is 0 Å². The summed E-state index contributed by atoms with van der Waals surface area (Å²) < 4.78 is 7.71. The SMILES string of the molecule is CCOC(=O)N1CCC(n2c(C3CNC3)nc3ccc(C(c4ccc(Cl)cc4)c4nccs4)cc32)CC1. The van der Waals surface area contributed by atoms with Crippen molar-refractivity contribution in [3.63, 3.8) is 0 Å². The van der Waals surface area contributed by atoms with Gasteiger partial charge in [0, 0.05) is 54.7 Å². The van der Waals surface area contributed by atoms with Crippen LogP contribution in [0.3, 0.4) is 0 Å². The third kappa shape index (κ3) is 4.74. The molecule has 2 aromatic carbocycles. The number of fused-ring (bicyclic) bond motifs is 1. The Balaban J connectivity index is 1.40. The highest BCUT2D eigenvalue weighted by molar-refractivity contribution is 7.09. The topological polar surface area (TPSA) is 72.3 Å². The van der Waals surface area contributed by atoms with Gasteiger partial charge in [0.15, 0.2) is 0 Å². The molecule has 1 N–H and O–H groups in total. The lowest BCUT2D eigenvalue weighted by Gasteiger charge is -2.35. The first-order valence-corrected chi connectivity index (χ1v) is 14.2. The van der Waals surface area contributed by atoms with Crippen LogP contribution in [0.1, 0.15) is 59.6 Å². The molecule has 0 aliphatic carbocycles. The molecule has 2 aliphatic heterocycles. The summed E-state index contributed by atoms with van der Waals surface area (Å²) in [7, 11) is 0. The molecule has 4 aromatic rings. The molecular weight excluding hydrogens is 506 g/mol. The van der Waals surface area contributed by atoms with Crippen molar-refractivity contribution in [3.8, 4) is 0 Å². The number of hydrogen-bond donors (Lipinski definition) is 1. The number of nitrogens with one attached hydrogen (secondary N) is 1. The standard InChI is InChI=1S/C28H30ClN5O2S/c1-2-36-28(35)33-12-9-22(10-13-33)34-24-15-19(5-8-23(24)32-26(34)20-16-30-17-20)25(27-31-11-14-37-27)18-3-6-21(29)7-4-18/h3-8,11,14-15,20,22,25,30H,2,9-10,12-13,16-17H2,1H3. The fourth-order valence-corrected chi connectivity index (χ4v) is 6.40. The lowest BCUT2D eigenvalue weighted by atomic mass is 9.91. The maximum Gasteiger partial charge on any atom is 0.409 e. The molecule has 2 aliphatic rings. The summed E-state index contributed by atoms with van der Waals surface area (Å²) in [5.41, 5.74) is 4.53. The lowest BCUT2D eigenvalue weighted by Crippen LogP contribution is -2.43. The molecule has 2 aromatic heterocycles. The molecule has 2 fully saturated rings. The van der Waals surface area contributed by atoms with E-state index >= 15 is 0 Å². The minimum atomic E-state index is -0.212. The second-order valence-electron chi connectivity index (χ2n) is 9.72. The van der Waals surface area contributed by atoms with Crippen LogP contribution < -0.4 is 5.32 Å². The van der Waals surface area contributed by atoms with Gasteiger partial charge in [0.1, 0.15) is 10.8 Å². The van der Waals surface area contributed by atoms with Crippen molar-refractivity contribution in [1.82, 2.24) is 24.8 Å². The number of rotatable bonds is 6. The number of piperidine rings is 1. The van der Waals surface area contributed by atoms with Crippen LogP contribution in [-0.4, -0.2) is 58.3 Å². The van der Waals surface area contributed by atoms with Gasteiger partial charge < -0.3 is 19.5 Å².